The zero-order valence-electron chi connectivity index (χ0n) is 17.4. The fourth-order valence-electron chi connectivity index (χ4n) is 3.78. The van der Waals surface area contributed by atoms with Gasteiger partial charge in [-0.05, 0) is 41.3 Å². The summed E-state index contributed by atoms with van der Waals surface area (Å²) in [7, 11) is 1.42. The summed E-state index contributed by atoms with van der Waals surface area (Å²) in [5, 5.41) is 15.1. The van der Waals surface area contributed by atoms with Crippen molar-refractivity contribution in [2.75, 3.05) is 19.0 Å². The number of nitrogens with one attached hydrogen (secondary N) is 1. The van der Waals surface area contributed by atoms with E-state index >= 15 is 0 Å². The number of anilines is 1. The standard InChI is InChI=1S/C23H19F3N4O2S/c1-3-20-28-19(12-33-20)29-21(32)30(2)22(13-31,18-6-4-5-9-27-18)14-7-8-17(24)15(10-14)16-11-23(16,25)26/h1,4-10,12,16,31H,11,13H2,2H3,(H,29,32). The van der Waals surface area contributed by atoms with Gasteiger partial charge < -0.3 is 10.0 Å². The summed E-state index contributed by atoms with van der Waals surface area (Å²) in [6, 6.07) is 7.95. The third-order valence-corrected chi connectivity index (χ3v) is 6.51. The van der Waals surface area contributed by atoms with E-state index in [9.17, 15) is 23.1 Å². The van der Waals surface area contributed by atoms with Gasteiger partial charge in [0.05, 0.1) is 18.2 Å². The predicted molar refractivity (Wildman–Crippen MR) is 118 cm³/mol. The Labute approximate surface area is 192 Å². The highest BCUT2D eigenvalue weighted by molar-refractivity contribution is 7.10. The number of aliphatic hydroxyl groups excluding tert-OH is 1. The number of alkyl halides is 2. The summed E-state index contributed by atoms with van der Waals surface area (Å²) in [4.78, 5) is 22.7. The smallest absolute Gasteiger partial charge is 0.323 e. The third-order valence-electron chi connectivity index (χ3n) is 5.73. The minimum atomic E-state index is -2.99. The topological polar surface area (TPSA) is 78.4 Å². The van der Waals surface area contributed by atoms with Crippen LogP contribution in [-0.2, 0) is 5.54 Å². The van der Waals surface area contributed by atoms with Crippen LogP contribution in [0, 0.1) is 18.2 Å². The van der Waals surface area contributed by atoms with E-state index in [4.69, 9.17) is 6.42 Å². The monoisotopic (exact) mass is 472 g/mol. The SMILES string of the molecule is C#Cc1nc(NC(=O)N(C)C(CO)(c2ccc(F)c(C3CC3(F)F)c2)c2ccccn2)cs1. The number of rotatable bonds is 6. The van der Waals surface area contributed by atoms with Crippen molar-refractivity contribution in [3.63, 3.8) is 0 Å². The number of halogens is 3. The molecule has 1 saturated carbocycles. The minimum absolute atomic E-state index is 0.168. The lowest BCUT2D eigenvalue weighted by Crippen LogP contribution is -2.52. The molecule has 1 aromatic carbocycles. The number of carbonyl (C=O) groups excluding carboxylic acids is 1. The van der Waals surface area contributed by atoms with Crippen LogP contribution < -0.4 is 5.32 Å². The van der Waals surface area contributed by atoms with Crippen molar-refractivity contribution in [1.29, 1.82) is 0 Å². The summed E-state index contributed by atoms with van der Waals surface area (Å²) < 4.78 is 41.9. The first-order valence-corrected chi connectivity index (χ1v) is 10.8. The number of benzene rings is 1. The van der Waals surface area contributed by atoms with E-state index in [0.717, 1.165) is 6.07 Å². The zero-order chi connectivity index (χ0) is 23.8. The number of hydrogen-bond donors (Lipinski definition) is 2. The molecule has 0 aliphatic heterocycles. The quantitative estimate of drug-likeness (QED) is 0.528. The molecule has 2 heterocycles. The van der Waals surface area contributed by atoms with Crippen LogP contribution in [0.1, 0.15) is 34.2 Å². The van der Waals surface area contributed by atoms with E-state index in [1.807, 2.05) is 0 Å². The second-order valence-electron chi connectivity index (χ2n) is 7.66. The van der Waals surface area contributed by atoms with Crippen molar-refractivity contribution in [3.8, 4) is 12.3 Å². The molecule has 0 spiro atoms. The maximum Gasteiger partial charge on any atom is 0.323 e. The Morgan fingerprint density at radius 2 is 2.18 bits per heavy atom. The van der Waals surface area contributed by atoms with Crippen LogP contribution in [0.3, 0.4) is 0 Å². The second-order valence-corrected chi connectivity index (χ2v) is 8.52. The number of terminal acetylenes is 1. The van der Waals surface area contributed by atoms with Crippen molar-refractivity contribution < 1.29 is 23.1 Å². The largest absolute Gasteiger partial charge is 0.393 e. The molecule has 6 nitrogen and oxygen atoms in total. The third kappa shape index (κ3) is 4.05. The molecule has 170 valence electrons. The molecule has 2 atom stereocenters. The van der Waals surface area contributed by atoms with Gasteiger partial charge in [-0.3, -0.25) is 10.3 Å². The van der Waals surface area contributed by atoms with Gasteiger partial charge in [0.25, 0.3) is 5.92 Å². The Bertz CT molecular complexity index is 1230. The van der Waals surface area contributed by atoms with E-state index in [0.29, 0.717) is 5.01 Å². The summed E-state index contributed by atoms with van der Waals surface area (Å²) >= 11 is 1.17. The highest BCUT2D eigenvalue weighted by atomic mass is 32.1. The summed E-state index contributed by atoms with van der Waals surface area (Å²) in [5.74, 6) is -2.43. The van der Waals surface area contributed by atoms with Crippen LogP contribution in [0.25, 0.3) is 0 Å². The van der Waals surface area contributed by atoms with Crippen LogP contribution in [0.5, 0.6) is 0 Å². The first-order chi connectivity index (χ1) is 15.7. The van der Waals surface area contributed by atoms with Gasteiger partial charge in [-0.1, -0.05) is 12.1 Å². The Kier molecular flexibility index (Phi) is 5.86. The Hall–Kier alpha value is -3.42. The average molecular weight is 472 g/mol. The lowest BCUT2D eigenvalue weighted by molar-refractivity contribution is 0.101. The number of urea groups is 1. The molecule has 1 aliphatic carbocycles. The molecule has 2 N–H and O–H groups in total. The van der Waals surface area contributed by atoms with Gasteiger partial charge in [-0.2, -0.15) is 0 Å². The number of hydrogen-bond acceptors (Lipinski definition) is 5. The van der Waals surface area contributed by atoms with Crippen LogP contribution in [-0.4, -0.2) is 45.6 Å². The predicted octanol–water partition coefficient (Wildman–Crippen LogP) is 4.18. The van der Waals surface area contributed by atoms with Crippen molar-refractivity contribution >= 4 is 23.2 Å². The first-order valence-electron chi connectivity index (χ1n) is 9.90. The number of aliphatic hydroxyl groups is 1. The molecule has 4 rings (SSSR count). The Morgan fingerprint density at radius 3 is 2.76 bits per heavy atom. The molecule has 33 heavy (non-hydrogen) atoms. The molecule has 2 unspecified atom stereocenters. The molecular weight excluding hydrogens is 453 g/mol. The summed E-state index contributed by atoms with van der Waals surface area (Å²) in [6.07, 6.45) is 6.34. The number of pyridine rings is 1. The molecule has 0 saturated heterocycles. The fourth-order valence-corrected chi connectivity index (χ4v) is 4.34. The Balaban J connectivity index is 1.79. The Morgan fingerprint density at radius 1 is 1.42 bits per heavy atom. The van der Waals surface area contributed by atoms with Gasteiger partial charge in [0, 0.05) is 25.0 Å². The van der Waals surface area contributed by atoms with Crippen LogP contribution >= 0.6 is 11.3 Å². The summed E-state index contributed by atoms with van der Waals surface area (Å²) in [6.45, 7) is -0.646. The summed E-state index contributed by atoms with van der Waals surface area (Å²) in [5.41, 5.74) is -1.25. The lowest BCUT2D eigenvalue weighted by atomic mass is 9.84. The molecule has 2 aromatic heterocycles. The fraction of sp³-hybridized carbons (Fsp3) is 0.261. The van der Waals surface area contributed by atoms with E-state index in [2.05, 4.69) is 21.2 Å². The molecule has 3 aromatic rings. The van der Waals surface area contributed by atoms with Crippen LogP contribution in [0.2, 0.25) is 0 Å². The highest BCUT2D eigenvalue weighted by Crippen LogP contribution is 2.56. The van der Waals surface area contributed by atoms with Gasteiger partial charge in [-0.15, -0.1) is 17.8 Å². The van der Waals surface area contributed by atoms with Crippen molar-refractivity contribution in [2.45, 2.75) is 23.8 Å². The maximum atomic E-state index is 14.5. The number of aromatic nitrogens is 2. The number of nitrogens with zero attached hydrogens (tertiary/aromatic N) is 3. The number of likely N-dealkylation sites (N-methyl/N-ethyl adjacent to an activating group) is 1. The van der Waals surface area contributed by atoms with Gasteiger partial charge >= 0.3 is 6.03 Å². The van der Waals surface area contributed by atoms with E-state index < -0.39 is 42.3 Å². The molecule has 10 heteroatoms. The van der Waals surface area contributed by atoms with Gasteiger partial charge in [0.1, 0.15) is 17.2 Å². The van der Waals surface area contributed by atoms with E-state index in [-0.39, 0.29) is 22.6 Å². The average Bonchev–Trinajstić information content (AvgIpc) is 3.22. The second kappa shape index (κ2) is 8.50. The van der Waals surface area contributed by atoms with Crippen molar-refractivity contribution in [3.05, 3.63) is 75.6 Å². The van der Waals surface area contributed by atoms with Crippen LogP contribution in [0.4, 0.5) is 23.8 Å². The molecule has 1 aliphatic rings. The van der Waals surface area contributed by atoms with Crippen molar-refractivity contribution in [2.24, 2.45) is 0 Å². The van der Waals surface area contributed by atoms with Gasteiger partial charge in [0.15, 0.2) is 5.01 Å². The number of amides is 2. The number of thiazole rings is 1. The lowest BCUT2D eigenvalue weighted by Gasteiger charge is -2.40. The molecular formula is C23H19F3N4O2S. The normalized spacial score (nSPS) is 18.1. The van der Waals surface area contributed by atoms with Gasteiger partial charge in [0.2, 0.25) is 0 Å². The zero-order valence-corrected chi connectivity index (χ0v) is 18.2. The van der Waals surface area contributed by atoms with Crippen LogP contribution in [0.15, 0.2) is 48.0 Å². The van der Waals surface area contributed by atoms with Crippen molar-refractivity contribution in [1.82, 2.24) is 14.9 Å². The molecule has 0 radical (unpaired) electrons. The molecule has 2 amide bonds. The molecule has 1 fully saturated rings. The number of carbonyl (C=O) groups is 1. The van der Waals surface area contributed by atoms with E-state index in [1.54, 1.807) is 23.6 Å². The maximum absolute atomic E-state index is 14.5. The van der Waals surface area contributed by atoms with E-state index in [1.165, 1.54) is 41.6 Å². The first kappa shape index (κ1) is 22.8. The minimum Gasteiger partial charge on any atom is -0.393 e. The van der Waals surface area contributed by atoms with Gasteiger partial charge in [-0.25, -0.2) is 22.9 Å². The molecule has 0 bridgehead atoms. The highest BCUT2D eigenvalue weighted by Gasteiger charge is 2.58.